The molecule has 0 bridgehead atoms. The van der Waals surface area contributed by atoms with Crippen LogP contribution >= 0.6 is 0 Å². The molecule has 0 amide bonds. The van der Waals surface area contributed by atoms with E-state index < -0.39 is 0 Å². The normalized spacial score (nSPS) is 10.6. The Morgan fingerprint density at radius 3 is 1.78 bits per heavy atom. The topological polar surface area (TPSA) is 0 Å². The quantitative estimate of drug-likeness (QED) is 0.718. The van der Waals surface area contributed by atoms with Gasteiger partial charge in [0.25, 0.3) is 0 Å². The van der Waals surface area contributed by atoms with Crippen molar-refractivity contribution in [3.05, 3.63) is 70.3 Å². The van der Waals surface area contributed by atoms with Gasteiger partial charge in [-0.25, -0.2) is 0 Å². The molecule has 0 spiro atoms. The first kappa shape index (κ1) is 12.9. The van der Waals surface area contributed by atoms with Gasteiger partial charge in [0.1, 0.15) is 0 Å². The lowest BCUT2D eigenvalue weighted by molar-refractivity contribution is 0.819. The Labute approximate surface area is 111 Å². The molecule has 2 aromatic rings. The number of hydrogen-bond acceptors (Lipinski definition) is 0. The summed E-state index contributed by atoms with van der Waals surface area (Å²) in [6.07, 6.45) is 3.58. The molecule has 0 radical (unpaired) electrons. The molecular formula is C18H22. The van der Waals surface area contributed by atoms with E-state index in [0.29, 0.717) is 0 Å². The van der Waals surface area contributed by atoms with Crippen LogP contribution in [0.4, 0.5) is 0 Å². The van der Waals surface area contributed by atoms with Crippen molar-refractivity contribution < 1.29 is 0 Å². The number of benzene rings is 2. The van der Waals surface area contributed by atoms with E-state index in [9.17, 15) is 0 Å². The van der Waals surface area contributed by atoms with Gasteiger partial charge < -0.3 is 0 Å². The Bertz CT molecular complexity index is 486. The predicted molar refractivity (Wildman–Crippen MR) is 79.1 cm³/mol. The van der Waals surface area contributed by atoms with E-state index in [1.165, 1.54) is 47.1 Å². The van der Waals surface area contributed by atoms with Crippen molar-refractivity contribution in [3.8, 4) is 0 Å². The van der Waals surface area contributed by atoms with Crippen molar-refractivity contribution in [2.24, 2.45) is 0 Å². The summed E-state index contributed by atoms with van der Waals surface area (Å²) in [6.45, 7) is 6.49. The van der Waals surface area contributed by atoms with Crippen molar-refractivity contribution >= 4 is 0 Å². The fraction of sp³-hybridized carbons (Fsp3) is 0.333. The zero-order valence-corrected chi connectivity index (χ0v) is 11.7. The SMILES string of the molecule is Cc1ccc(CCCc2cc(C)cc(C)c2)cc1. The number of hydrogen-bond donors (Lipinski definition) is 0. The molecule has 0 aliphatic rings. The molecule has 0 nitrogen and oxygen atoms in total. The molecule has 0 atom stereocenters. The summed E-state index contributed by atoms with van der Waals surface area (Å²) in [5, 5.41) is 0. The Balaban J connectivity index is 1.90. The molecule has 0 saturated heterocycles. The van der Waals surface area contributed by atoms with E-state index in [2.05, 4.69) is 63.2 Å². The molecule has 0 fully saturated rings. The van der Waals surface area contributed by atoms with Gasteiger partial charge >= 0.3 is 0 Å². The second kappa shape index (κ2) is 5.86. The predicted octanol–water partition coefficient (Wildman–Crippen LogP) is 4.79. The molecule has 0 N–H and O–H groups in total. The molecular weight excluding hydrogens is 216 g/mol. The second-order valence-electron chi connectivity index (χ2n) is 5.34. The van der Waals surface area contributed by atoms with Crippen LogP contribution in [0, 0.1) is 20.8 Å². The minimum Gasteiger partial charge on any atom is -0.0591 e. The van der Waals surface area contributed by atoms with Gasteiger partial charge in [-0.3, -0.25) is 0 Å². The minimum atomic E-state index is 1.17. The fourth-order valence-corrected chi connectivity index (χ4v) is 2.46. The van der Waals surface area contributed by atoms with Crippen molar-refractivity contribution in [3.63, 3.8) is 0 Å². The van der Waals surface area contributed by atoms with E-state index in [0.717, 1.165) is 0 Å². The van der Waals surface area contributed by atoms with Crippen LogP contribution in [-0.2, 0) is 12.8 Å². The molecule has 2 aromatic carbocycles. The molecule has 2 rings (SSSR count). The zero-order chi connectivity index (χ0) is 13.0. The maximum absolute atomic E-state index is 2.31. The third-order valence-corrected chi connectivity index (χ3v) is 3.33. The lowest BCUT2D eigenvalue weighted by atomic mass is 10.0. The molecule has 0 aromatic heterocycles. The molecule has 0 aliphatic heterocycles. The summed E-state index contributed by atoms with van der Waals surface area (Å²) < 4.78 is 0. The summed E-state index contributed by atoms with van der Waals surface area (Å²) in [6, 6.07) is 15.7. The van der Waals surface area contributed by atoms with E-state index in [-0.39, 0.29) is 0 Å². The van der Waals surface area contributed by atoms with Crippen LogP contribution in [0.25, 0.3) is 0 Å². The Morgan fingerprint density at radius 2 is 1.17 bits per heavy atom. The van der Waals surface area contributed by atoms with Gasteiger partial charge in [0.05, 0.1) is 0 Å². The van der Waals surface area contributed by atoms with Crippen LogP contribution in [0.1, 0.15) is 34.2 Å². The molecule has 94 valence electrons. The standard InChI is InChI=1S/C18H22/c1-14-7-9-17(10-8-14)5-4-6-18-12-15(2)11-16(3)13-18/h7-13H,4-6H2,1-3H3. The van der Waals surface area contributed by atoms with Crippen LogP contribution in [-0.4, -0.2) is 0 Å². The zero-order valence-electron chi connectivity index (χ0n) is 11.7. The van der Waals surface area contributed by atoms with Crippen LogP contribution in [0.3, 0.4) is 0 Å². The van der Waals surface area contributed by atoms with Crippen molar-refractivity contribution in [2.45, 2.75) is 40.0 Å². The van der Waals surface area contributed by atoms with Crippen molar-refractivity contribution in [1.29, 1.82) is 0 Å². The molecule has 0 unspecified atom stereocenters. The van der Waals surface area contributed by atoms with E-state index >= 15 is 0 Å². The highest BCUT2D eigenvalue weighted by Gasteiger charge is 1.98. The van der Waals surface area contributed by atoms with Gasteiger partial charge in [-0.2, -0.15) is 0 Å². The van der Waals surface area contributed by atoms with Gasteiger partial charge in [-0.05, 0) is 51.2 Å². The number of rotatable bonds is 4. The lowest BCUT2D eigenvalue weighted by Crippen LogP contribution is -1.92. The average Bonchev–Trinajstić information content (AvgIpc) is 2.30. The average molecular weight is 238 g/mol. The monoisotopic (exact) mass is 238 g/mol. The van der Waals surface area contributed by atoms with Gasteiger partial charge in [0.15, 0.2) is 0 Å². The van der Waals surface area contributed by atoms with Crippen molar-refractivity contribution in [1.82, 2.24) is 0 Å². The summed E-state index contributed by atoms with van der Waals surface area (Å²) >= 11 is 0. The smallest absolute Gasteiger partial charge is 0.0276 e. The van der Waals surface area contributed by atoms with Gasteiger partial charge in [0.2, 0.25) is 0 Å². The Hall–Kier alpha value is -1.56. The first-order valence-corrected chi connectivity index (χ1v) is 6.76. The minimum absolute atomic E-state index is 1.17. The molecule has 0 heterocycles. The van der Waals surface area contributed by atoms with Gasteiger partial charge in [0, 0.05) is 0 Å². The third kappa shape index (κ3) is 3.73. The van der Waals surface area contributed by atoms with Gasteiger partial charge in [-0.15, -0.1) is 0 Å². The largest absolute Gasteiger partial charge is 0.0591 e. The van der Waals surface area contributed by atoms with E-state index in [4.69, 9.17) is 0 Å². The molecule has 0 aliphatic carbocycles. The fourth-order valence-electron chi connectivity index (χ4n) is 2.46. The van der Waals surface area contributed by atoms with E-state index in [1.807, 2.05) is 0 Å². The molecule has 0 heteroatoms. The van der Waals surface area contributed by atoms with Crippen molar-refractivity contribution in [2.75, 3.05) is 0 Å². The van der Waals surface area contributed by atoms with E-state index in [1.54, 1.807) is 0 Å². The maximum atomic E-state index is 2.31. The van der Waals surface area contributed by atoms with Crippen LogP contribution < -0.4 is 0 Å². The summed E-state index contributed by atoms with van der Waals surface area (Å²) in [5.74, 6) is 0. The summed E-state index contributed by atoms with van der Waals surface area (Å²) in [5.41, 5.74) is 7.01. The van der Waals surface area contributed by atoms with Crippen LogP contribution in [0.2, 0.25) is 0 Å². The Kier molecular flexibility index (Phi) is 4.19. The van der Waals surface area contributed by atoms with Crippen LogP contribution in [0.5, 0.6) is 0 Å². The lowest BCUT2D eigenvalue weighted by Gasteiger charge is -2.05. The Morgan fingerprint density at radius 1 is 0.611 bits per heavy atom. The van der Waals surface area contributed by atoms with Gasteiger partial charge in [-0.1, -0.05) is 59.2 Å². The van der Waals surface area contributed by atoms with Crippen LogP contribution in [0.15, 0.2) is 42.5 Å². The highest BCUT2D eigenvalue weighted by Crippen LogP contribution is 2.13. The highest BCUT2D eigenvalue weighted by atomic mass is 14.0. The second-order valence-corrected chi connectivity index (χ2v) is 5.34. The molecule has 0 saturated carbocycles. The summed E-state index contributed by atoms with van der Waals surface area (Å²) in [7, 11) is 0. The maximum Gasteiger partial charge on any atom is -0.0276 e. The highest BCUT2D eigenvalue weighted by molar-refractivity contribution is 5.29. The third-order valence-electron chi connectivity index (χ3n) is 3.33. The summed E-state index contributed by atoms with van der Waals surface area (Å²) in [4.78, 5) is 0. The number of aryl methyl sites for hydroxylation is 5. The molecule has 18 heavy (non-hydrogen) atoms. The first-order valence-electron chi connectivity index (χ1n) is 6.76. The first-order chi connectivity index (χ1) is 8.63.